The minimum absolute atomic E-state index is 0.0523. The summed E-state index contributed by atoms with van der Waals surface area (Å²) in [6, 6.07) is 2.94. The number of imidazole rings is 1. The standard InChI is InChI=1S/C20H27N5O4/c1-19(28)13-20(29-12-16(19)23-18(27)15-3-2-6-22-15)4-8-25(9-5-20)17(26)11-24-10-7-21-14-24/h2-3,6-7,10,14,16,22,28H,4-5,8-9,11-13H2,1H3,(H,23,27)/t16-,19-/m0/s1. The van der Waals surface area contributed by atoms with E-state index in [1.54, 1.807) is 48.5 Å². The van der Waals surface area contributed by atoms with Crippen LogP contribution in [0.3, 0.4) is 0 Å². The Kier molecular flexibility index (Phi) is 5.18. The van der Waals surface area contributed by atoms with Crippen LogP contribution in [0, 0.1) is 0 Å². The largest absolute Gasteiger partial charge is 0.388 e. The third-order valence-electron chi connectivity index (χ3n) is 6.04. The van der Waals surface area contributed by atoms with Crippen molar-refractivity contribution in [3.05, 3.63) is 42.7 Å². The number of hydrogen-bond acceptors (Lipinski definition) is 5. The Morgan fingerprint density at radius 3 is 2.83 bits per heavy atom. The first-order chi connectivity index (χ1) is 13.9. The van der Waals surface area contributed by atoms with Gasteiger partial charge in [0.1, 0.15) is 12.2 Å². The molecule has 2 aliphatic heterocycles. The molecule has 4 rings (SSSR count). The Hall–Kier alpha value is -2.65. The Morgan fingerprint density at radius 2 is 2.21 bits per heavy atom. The van der Waals surface area contributed by atoms with Crippen molar-refractivity contribution in [3.8, 4) is 0 Å². The van der Waals surface area contributed by atoms with Crippen molar-refractivity contribution in [1.29, 1.82) is 0 Å². The highest BCUT2D eigenvalue weighted by Crippen LogP contribution is 2.39. The average Bonchev–Trinajstić information content (AvgIpc) is 3.38. The molecule has 2 aromatic rings. The Labute approximate surface area is 169 Å². The van der Waals surface area contributed by atoms with Crippen LogP contribution in [0.4, 0.5) is 0 Å². The zero-order valence-corrected chi connectivity index (χ0v) is 16.5. The highest BCUT2D eigenvalue weighted by atomic mass is 16.5. The van der Waals surface area contributed by atoms with E-state index < -0.39 is 17.2 Å². The number of H-pyrrole nitrogens is 1. The number of nitrogens with one attached hydrogen (secondary N) is 2. The van der Waals surface area contributed by atoms with Crippen LogP contribution >= 0.6 is 0 Å². The summed E-state index contributed by atoms with van der Waals surface area (Å²) in [5.41, 5.74) is -1.11. The molecule has 2 aliphatic rings. The second-order valence-electron chi connectivity index (χ2n) is 8.25. The van der Waals surface area contributed by atoms with Crippen molar-refractivity contribution in [2.75, 3.05) is 19.7 Å². The molecule has 2 atom stereocenters. The lowest BCUT2D eigenvalue weighted by Crippen LogP contribution is -2.64. The number of hydrogen-bond donors (Lipinski definition) is 3. The first kappa shape index (κ1) is 19.7. The molecule has 29 heavy (non-hydrogen) atoms. The predicted octanol–water partition coefficient (Wildman–Crippen LogP) is 0.542. The van der Waals surface area contributed by atoms with Crippen molar-refractivity contribution in [3.63, 3.8) is 0 Å². The maximum Gasteiger partial charge on any atom is 0.268 e. The third-order valence-corrected chi connectivity index (χ3v) is 6.04. The number of aliphatic hydroxyl groups is 1. The highest BCUT2D eigenvalue weighted by Gasteiger charge is 2.49. The number of amides is 2. The summed E-state index contributed by atoms with van der Waals surface area (Å²) in [6.45, 7) is 3.43. The summed E-state index contributed by atoms with van der Waals surface area (Å²) >= 11 is 0. The van der Waals surface area contributed by atoms with E-state index in [1.165, 1.54) is 0 Å². The molecule has 9 heteroatoms. The number of nitrogens with zero attached hydrogens (tertiary/aromatic N) is 3. The lowest BCUT2D eigenvalue weighted by Gasteiger charge is -2.51. The Bertz CT molecular complexity index is 838. The van der Waals surface area contributed by atoms with Gasteiger partial charge >= 0.3 is 0 Å². The number of aromatic nitrogens is 3. The van der Waals surface area contributed by atoms with Crippen LogP contribution in [0.5, 0.6) is 0 Å². The predicted molar refractivity (Wildman–Crippen MR) is 104 cm³/mol. The van der Waals surface area contributed by atoms with E-state index in [0.717, 1.165) is 0 Å². The van der Waals surface area contributed by atoms with Crippen molar-refractivity contribution in [2.24, 2.45) is 0 Å². The maximum atomic E-state index is 12.5. The number of carbonyl (C=O) groups is 2. The van der Waals surface area contributed by atoms with Gasteiger partial charge in [0, 0.05) is 38.1 Å². The van der Waals surface area contributed by atoms with Gasteiger partial charge in [0.05, 0.1) is 30.2 Å². The maximum absolute atomic E-state index is 12.5. The van der Waals surface area contributed by atoms with Crippen LogP contribution in [-0.2, 0) is 16.1 Å². The van der Waals surface area contributed by atoms with Crippen LogP contribution < -0.4 is 5.32 Å². The molecule has 3 N–H and O–H groups in total. The van der Waals surface area contributed by atoms with Crippen molar-refractivity contribution in [2.45, 2.75) is 50.0 Å². The lowest BCUT2D eigenvalue weighted by atomic mass is 9.75. The summed E-state index contributed by atoms with van der Waals surface area (Å²) in [4.78, 5) is 33.5. The van der Waals surface area contributed by atoms with E-state index in [0.29, 0.717) is 38.0 Å². The van der Waals surface area contributed by atoms with Crippen molar-refractivity contribution in [1.82, 2.24) is 24.8 Å². The normalized spacial score (nSPS) is 26.4. The van der Waals surface area contributed by atoms with Crippen LogP contribution in [0.25, 0.3) is 0 Å². The zero-order chi connectivity index (χ0) is 20.5. The fraction of sp³-hybridized carbons (Fsp3) is 0.550. The van der Waals surface area contributed by atoms with E-state index in [-0.39, 0.29) is 25.0 Å². The molecule has 0 unspecified atom stereocenters. The molecule has 9 nitrogen and oxygen atoms in total. The minimum Gasteiger partial charge on any atom is -0.388 e. The molecule has 0 bridgehead atoms. The number of rotatable bonds is 4. The zero-order valence-electron chi connectivity index (χ0n) is 16.5. The van der Waals surface area contributed by atoms with Gasteiger partial charge in [-0.2, -0.15) is 0 Å². The summed E-state index contributed by atoms with van der Waals surface area (Å²) in [6.07, 6.45) is 8.48. The lowest BCUT2D eigenvalue weighted by molar-refractivity contribution is -0.187. The highest BCUT2D eigenvalue weighted by molar-refractivity contribution is 5.92. The van der Waals surface area contributed by atoms with E-state index in [2.05, 4.69) is 15.3 Å². The molecular weight excluding hydrogens is 374 g/mol. The van der Waals surface area contributed by atoms with Crippen LogP contribution in [0.2, 0.25) is 0 Å². The van der Waals surface area contributed by atoms with Gasteiger partial charge in [-0.25, -0.2) is 4.98 Å². The molecule has 2 saturated heterocycles. The molecule has 1 spiro atoms. The molecule has 2 amide bonds. The number of ether oxygens (including phenoxy) is 1. The van der Waals surface area contributed by atoms with E-state index in [1.807, 2.05) is 4.90 Å². The number of likely N-dealkylation sites (tertiary alicyclic amines) is 1. The molecule has 2 aromatic heterocycles. The number of aromatic amines is 1. The molecule has 0 aliphatic carbocycles. The minimum atomic E-state index is -1.09. The summed E-state index contributed by atoms with van der Waals surface area (Å²) in [5, 5.41) is 13.9. The summed E-state index contributed by atoms with van der Waals surface area (Å²) in [7, 11) is 0. The third kappa shape index (κ3) is 4.20. The van der Waals surface area contributed by atoms with Gasteiger partial charge < -0.3 is 29.6 Å². The van der Waals surface area contributed by atoms with E-state index >= 15 is 0 Å². The van der Waals surface area contributed by atoms with Gasteiger partial charge in [0.2, 0.25) is 5.91 Å². The van der Waals surface area contributed by atoms with Crippen LogP contribution in [0.15, 0.2) is 37.1 Å². The molecule has 2 fully saturated rings. The topological polar surface area (TPSA) is 112 Å². The van der Waals surface area contributed by atoms with E-state index in [9.17, 15) is 14.7 Å². The monoisotopic (exact) mass is 401 g/mol. The van der Waals surface area contributed by atoms with Crippen LogP contribution in [-0.4, -0.2) is 73.3 Å². The van der Waals surface area contributed by atoms with Gasteiger partial charge in [0.25, 0.3) is 5.91 Å². The van der Waals surface area contributed by atoms with Crippen molar-refractivity contribution >= 4 is 11.8 Å². The SMILES string of the molecule is C[C@]1(O)CC2(CCN(C(=O)Cn3ccnc3)CC2)OC[C@@H]1NC(=O)c1ccc[nH]1. The molecular formula is C20H27N5O4. The van der Waals surface area contributed by atoms with Gasteiger partial charge in [-0.15, -0.1) is 0 Å². The number of carbonyl (C=O) groups excluding carboxylic acids is 2. The first-order valence-electron chi connectivity index (χ1n) is 9.91. The average molecular weight is 401 g/mol. The molecule has 0 saturated carbocycles. The molecule has 0 radical (unpaired) electrons. The second kappa shape index (κ2) is 7.64. The van der Waals surface area contributed by atoms with Gasteiger partial charge in [-0.3, -0.25) is 9.59 Å². The summed E-state index contributed by atoms with van der Waals surface area (Å²) < 4.78 is 7.92. The number of piperidine rings is 1. The fourth-order valence-corrected chi connectivity index (χ4v) is 4.29. The summed E-state index contributed by atoms with van der Waals surface area (Å²) in [5.74, 6) is -0.212. The van der Waals surface area contributed by atoms with Gasteiger partial charge in [0.15, 0.2) is 0 Å². The molecule has 4 heterocycles. The first-order valence-corrected chi connectivity index (χ1v) is 9.91. The Balaban J connectivity index is 1.33. The van der Waals surface area contributed by atoms with Gasteiger partial charge in [-0.1, -0.05) is 0 Å². The quantitative estimate of drug-likeness (QED) is 0.692. The second-order valence-corrected chi connectivity index (χ2v) is 8.25. The molecule has 156 valence electrons. The van der Waals surface area contributed by atoms with E-state index in [4.69, 9.17) is 4.74 Å². The molecule has 0 aromatic carbocycles. The van der Waals surface area contributed by atoms with Gasteiger partial charge in [-0.05, 0) is 31.9 Å². The van der Waals surface area contributed by atoms with Crippen LogP contribution in [0.1, 0.15) is 36.7 Å². The smallest absolute Gasteiger partial charge is 0.268 e. The van der Waals surface area contributed by atoms with Crippen molar-refractivity contribution < 1.29 is 19.4 Å². The fourth-order valence-electron chi connectivity index (χ4n) is 4.29. The Morgan fingerprint density at radius 1 is 1.41 bits per heavy atom.